The predicted octanol–water partition coefficient (Wildman–Crippen LogP) is 2.44. The van der Waals surface area contributed by atoms with Crippen molar-refractivity contribution in [1.29, 1.82) is 0 Å². The van der Waals surface area contributed by atoms with Gasteiger partial charge in [-0.3, -0.25) is 9.80 Å². The minimum atomic E-state index is -4.62. The maximum Gasteiger partial charge on any atom is 0.397 e. The third kappa shape index (κ3) is 5.36. The number of rotatable bonds is 5. The van der Waals surface area contributed by atoms with Crippen molar-refractivity contribution in [3.63, 3.8) is 0 Å². The van der Waals surface area contributed by atoms with E-state index >= 15 is 0 Å². The van der Waals surface area contributed by atoms with Gasteiger partial charge in [0.05, 0.1) is 16.2 Å². The first-order valence-electron chi connectivity index (χ1n) is 8.98. The molecule has 10 nitrogen and oxygen atoms in total. The maximum atomic E-state index is 12.4. The molecule has 5 N–H and O–H groups in total. The number of pyridine rings is 1. The van der Waals surface area contributed by atoms with Crippen molar-refractivity contribution in [1.82, 2.24) is 19.5 Å². The number of fused-ring (bicyclic) bond motifs is 1. The van der Waals surface area contributed by atoms with Crippen molar-refractivity contribution in [3.05, 3.63) is 47.1 Å². The van der Waals surface area contributed by atoms with Crippen LogP contribution in [0.25, 0.3) is 11.0 Å². The number of aromatic nitrogens is 3. The van der Waals surface area contributed by atoms with Gasteiger partial charge in [-0.1, -0.05) is 23.7 Å². The molecule has 0 fully saturated rings. The molecule has 3 aromatic rings. The Labute approximate surface area is 184 Å². The summed E-state index contributed by atoms with van der Waals surface area (Å²) in [6.45, 7) is -0.143. The molecule has 0 radical (unpaired) electrons. The van der Waals surface area contributed by atoms with Gasteiger partial charge in [0.25, 0.3) is 0 Å². The summed E-state index contributed by atoms with van der Waals surface area (Å²) >= 11 is 6.22. The van der Waals surface area contributed by atoms with E-state index in [1.807, 2.05) is 0 Å². The summed E-state index contributed by atoms with van der Waals surface area (Å²) in [5.41, 5.74) is 1.25. The van der Waals surface area contributed by atoms with Gasteiger partial charge < -0.3 is 15.9 Å². The highest BCUT2D eigenvalue weighted by Crippen LogP contribution is 2.28. The van der Waals surface area contributed by atoms with Crippen LogP contribution in [0.4, 0.5) is 19.0 Å². The van der Waals surface area contributed by atoms with Crippen LogP contribution in [0.15, 0.2) is 41.5 Å². The molecule has 14 heteroatoms. The number of alkyl halides is 3. The number of benzene rings is 1. The fourth-order valence-electron chi connectivity index (χ4n) is 2.78. The van der Waals surface area contributed by atoms with Crippen LogP contribution >= 0.6 is 11.6 Å². The lowest BCUT2D eigenvalue weighted by molar-refractivity contribution is -0.150. The van der Waals surface area contributed by atoms with Gasteiger partial charge in [-0.05, 0) is 24.3 Å². The number of carbonyl (C=O) groups excluding carboxylic acids is 1. The number of hydrazone groups is 1. The summed E-state index contributed by atoms with van der Waals surface area (Å²) in [4.78, 5) is 19.9. The standard InChI is InChI=1S/C18H18ClF3N8O2/c1-29(24)16(28-23)30-12-6-3-5-11(19)15(12)27-17(30)32-9-10-4-2-7-13(25-10)26-14(31)8-18(20,21)22/h2-7H,8-9,23-24H2,1H3,(H,25,26,31)/b28-16+. The largest absolute Gasteiger partial charge is 0.458 e. The van der Waals surface area contributed by atoms with Crippen LogP contribution in [0.1, 0.15) is 12.1 Å². The van der Waals surface area contributed by atoms with Crippen molar-refractivity contribution < 1.29 is 22.7 Å². The number of hydrogen-bond donors (Lipinski definition) is 3. The number of para-hydroxylation sites is 1. The lowest BCUT2D eigenvalue weighted by Crippen LogP contribution is -2.39. The average molecular weight is 471 g/mol. The number of halogens is 4. The lowest BCUT2D eigenvalue weighted by atomic mass is 10.3. The Morgan fingerprint density at radius 1 is 1.28 bits per heavy atom. The normalized spacial score (nSPS) is 12.1. The highest BCUT2D eigenvalue weighted by Gasteiger charge is 2.31. The van der Waals surface area contributed by atoms with E-state index in [-0.39, 0.29) is 24.4 Å². The molecule has 0 aliphatic heterocycles. The van der Waals surface area contributed by atoms with Gasteiger partial charge in [0.2, 0.25) is 11.9 Å². The summed E-state index contributed by atoms with van der Waals surface area (Å²) in [5, 5.41) is 7.27. The van der Waals surface area contributed by atoms with E-state index in [0.717, 1.165) is 5.01 Å². The summed E-state index contributed by atoms with van der Waals surface area (Å²) in [7, 11) is 1.51. The molecule has 1 amide bonds. The van der Waals surface area contributed by atoms with Crippen molar-refractivity contribution in [2.75, 3.05) is 12.4 Å². The molecule has 0 aliphatic rings. The van der Waals surface area contributed by atoms with E-state index < -0.39 is 18.5 Å². The fraction of sp³-hybridized carbons (Fsp3) is 0.222. The third-order valence-electron chi connectivity index (χ3n) is 4.02. The highest BCUT2D eigenvalue weighted by molar-refractivity contribution is 6.35. The molecule has 32 heavy (non-hydrogen) atoms. The molecule has 0 atom stereocenters. The third-order valence-corrected chi connectivity index (χ3v) is 4.33. The highest BCUT2D eigenvalue weighted by atomic mass is 35.5. The Kier molecular flexibility index (Phi) is 6.69. The van der Waals surface area contributed by atoms with Gasteiger partial charge in [0.15, 0.2) is 0 Å². The number of ether oxygens (including phenoxy) is 1. The number of imidazole rings is 1. The molecule has 2 heterocycles. The van der Waals surface area contributed by atoms with Crippen LogP contribution in [0.5, 0.6) is 6.01 Å². The lowest BCUT2D eigenvalue weighted by Gasteiger charge is -2.17. The van der Waals surface area contributed by atoms with Crippen LogP contribution in [-0.2, 0) is 11.4 Å². The molecular formula is C18H18ClF3N8O2. The van der Waals surface area contributed by atoms with Crippen molar-refractivity contribution in [3.8, 4) is 6.01 Å². The van der Waals surface area contributed by atoms with Crippen LogP contribution in [-0.4, -0.2) is 44.6 Å². The molecule has 0 aliphatic carbocycles. The number of hydrogen-bond acceptors (Lipinski definition) is 7. The number of nitrogens with one attached hydrogen (secondary N) is 1. The second-order valence-electron chi connectivity index (χ2n) is 6.52. The zero-order valence-electron chi connectivity index (χ0n) is 16.6. The first-order valence-corrected chi connectivity index (χ1v) is 9.36. The van der Waals surface area contributed by atoms with E-state index in [1.165, 1.54) is 23.7 Å². The van der Waals surface area contributed by atoms with Gasteiger partial charge in [-0.25, -0.2) is 15.4 Å². The zero-order valence-corrected chi connectivity index (χ0v) is 17.4. The quantitative estimate of drug-likeness (QED) is 0.225. The van der Waals surface area contributed by atoms with Crippen molar-refractivity contribution in [2.45, 2.75) is 19.2 Å². The fourth-order valence-corrected chi connectivity index (χ4v) is 2.99. The van der Waals surface area contributed by atoms with Crippen LogP contribution in [0, 0.1) is 0 Å². The molecule has 0 bridgehead atoms. The number of nitrogens with two attached hydrogens (primary N) is 2. The molecular weight excluding hydrogens is 453 g/mol. The summed E-state index contributed by atoms with van der Waals surface area (Å²) in [6.07, 6.45) is -6.24. The molecule has 2 aromatic heterocycles. The first kappa shape index (κ1) is 23.1. The molecule has 0 saturated heterocycles. The van der Waals surface area contributed by atoms with Crippen molar-refractivity contribution >= 4 is 40.3 Å². The monoisotopic (exact) mass is 470 g/mol. The SMILES string of the molecule is CN(N)/C(=N\N)n1c(OCc2cccc(NC(=O)CC(F)(F)F)n2)nc2c(Cl)cccc21. The van der Waals surface area contributed by atoms with Gasteiger partial charge in [0.1, 0.15) is 24.4 Å². The van der Waals surface area contributed by atoms with Gasteiger partial charge >= 0.3 is 12.2 Å². The first-order chi connectivity index (χ1) is 15.1. The second kappa shape index (κ2) is 9.28. The molecule has 170 valence electrons. The van der Waals surface area contributed by atoms with Crippen molar-refractivity contribution in [2.24, 2.45) is 16.8 Å². The smallest absolute Gasteiger partial charge is 0.397 e. The Hall–Kier alpha value is -3.58. The summed E-state index contributed by atoms with van der Waals surface area (Å²) in [5.74, 6) is 10.1. The van der Waals surface area contributed by atoms with Crippen LogP contribution in [0.2, 0.25) is 5.02 Å². The minimum Gasteiger partial charge on any atom is -0.458 e. The topological polar surface area (TPSA) is 137 Å². The summed E-state index contributed by atoms with van der Waals surface area (Å²) < 4.78 is 44.2. The summed E-state index contributed by atoms with van der Waals surface area (Å²) in [6, 6.07) is 9.53. The molecule has 3 rings (SSSR count). The molecule has 0 saturated carbocycles. The number of nitrogens with zero attached hydrogens (tertiary/aromatic N) is 5. The van der Waals surface area contributed by atoms with E-state index in [9.17, 15) is 18.0 Å². The van der Waals surface area contributed by atoms with E-state index in [4.69, 9.17) is 28.0 Å². The molecule has 0 unspecified atom stereocenters. The Morgan fingerprint density at radius 3 is 2.66 bits per heavy atom. The number of hydrazine groups is 1. The number of carbonyl (C=O) groups is 1. The maximum absolute atomic E-state index is 12.4. The minimum absolute atomic E-state index is 0.0444. The van der Waals surface area contributed by atoms with Gasteiger partial charge in [0, 0.05) is 7.05 Å². The number of anilines is 1. The number of amides is 1. The Morgan fingerprint density at radius 2 is 2.00 bits per heavy atom. The Balaban J connectivity index is 1.85. The second-order valence-corrected chi connectivity index (χ2v) is 6.93. The van der Waals surface area contributed by atoms with E-state index in [0.29, 0.717) is 21.7 Å². The zero-order chi connectivity index (χ0) is 23.5. The van der Waals surface area contributed by atoms with E-state index in [2.05, 4.69) is 20.4 Å². The van der Waals surface area contributed by atoms with Crippen LogP contribution in [0.3, 0.4) is 0 Å². The predicted molar refractivity (Wildman–Crippen MR) is 112 cm³/mol. The Bertz CT molecular complexity index is 1160. The van der Waals surface area contributed by atoms with E-state index in [1.54, 1.807) is 24.3 Å². The van der Waals surface area contributed by atoms with Gasteiger partial charge in [-0.15, -0.1) is 5.10 Å². The van der Waals surface area contributed by atoms with Crippen LogP contribution < -0.4 is 21.7 Å². The van der Waals surface area contributed by atoms with Gasteiger partial charge in [-0.2, -0.15) is 18.2 Å². The molecule has 1 aromatic carbocycles. The average Bonchev–Trinajstić information content (AvgIpc) is 3.05. The molecule has 0 spiro atoms.